The van der Waals surface area contributed by atoms with Crippen LogP contribution in [0.4, 0.5) is 0 Å². The highest BCUT2D eigenvalue weighted by Gasteiger charge is 2.08. The lowest BCUT2D eigenvalue weighted by Gasteiger charge is -1.95. The van der Waals surface area contributed by atoms with E-state index >= 15 is 0 Å². The Morgan fingerprint density at radius 2 is 2.11 bits per heavy atom. The van der Waals surface area contributed by atoms with Crippen LogP contribution < -0.4 is 0 Å². The second-order valence-electron chi connectivity index (χ2n) is 4.12. The summed E-state index contributed by atoms with van der Waals surface area (Å²) in [5, 5.41) is 9.59. The summed E-state index contributed by atoms with van der Waals surface area (Å²) in [5.74, 6) is -0.963. The minimum absolute atomic E-state index is 0.218. The summed E-state index contributed by atoms with van der Waals surface area (Å²) in [7, 11) is 0. The van der Waals surface area contributed by atoms with Gasteiger partial charge in [0.1, 0.15) is 5.65 Å². The molecule has 0 aliphatic carbocycles. The summed E-state index contributed by atoms with van der Waals surface area (Å²) in [6, 6.07) is 10.5. The van der Waals surface area contributed by atoms with Gasteiger partial charge in [-0.15, -0.1) is 0 Å². The fraction of sp³-hybridized carbons (Fsp3) is 0. The number of hydrogen-bond acceptors (Lipinski definition) is 2. The van der Waals surface area contributed by atoms with Crippen LogP contribution in [0.25, 0.3) is 16.9 Å². The van der Waals surface area contributed by atoms with Crippen LogP contribution in [0.3, 0.4) is 0 Å². The predicted molar refractivity (Wildman–Crippen MR) is 72.6 cm³/mol. The van der Waals surface area contributed by atoms with Crippen LogP contribution in [-0.2, 0) is 0 Å². The summed E-state index contributed by atoms with van der Waals surface area (Å²) >= 11 is 5.95. The van der Waals surface area contributed by atoms with Crippen molar-refractivity contribution in [2.24, 2.45) is 0 Å². The van der Waals surface area contributed by atoms with Gasteiger partial charge in [0.2, 0.25) is 0 Å². The Morgan fingerprint density at radius 3 is 2.84 bits per heavy atom. The van der Waals surface area contributed by atoms with Crippen molar-refractivity contribution in [3.63, 3.8) is 0 Å². The van der Waals surface area contributed by atoms with E-state index in [9.17, 15) is 4.79 Å². The fourth-order valence-electron chi connectivity index (χ4n) is 1.90. The maximum atomic E-state index is 10.9. The van der Waals surface area contributed by atoms with Crippen LogP contribution in [-0.4, -0.2) is 20.5 Å². The maximum absolute atomic E-state index is 10.9. The smallest absolute Gasteiger partial charge is 0.335 e. The van der Waals surface area contributed by atoms with Crippen LogP contribution >= 0.6 is 11.6 Å². The van der Waals surface area contributed by atoms with Gasteiger partial charge in [0.05, 0.1) is 11.3 Å². The average molecular weight is 273 g/mol. The molecule has 0 saturated heterocycles. The zero-order valence-corrected chi connectivity index (χ0v) is 10.5. The number of rotatable bonds is 2. The molecule has 3 rings (SSSR count). The molecule has 0 bridgehead atoms. The van der Waals surface area contributed by atoms with Crippen LogP contribution in [0, 0.1) is 0 Å². The molecule has 5 heteroatoms. The number of carbonyl (C=O) groups is 1. The molecule has 0 spiro atoms. The van der Waals surface area contributed by atoms with Crippen LogP contribution in [0.2, 0.25) is 5.02 Å². The van der Waals surface area contributed by atoms with Gasteiger partial charge >= 0.3 is 5.97 Å². The Morgan fingerprint density at radius 1 is 1.26 bits per heavy atom. The van der Waals surface area contributed by atoms with Crippen molar-refractivity contribution in [3.05, 3.63) is 59.4 Å². The topological polar surface area (TPSA) is 54.6 Å². The van der Waals surface area contributed by atoms with E-state index in [0.717, 1.165) is 11.3 Å². The van der Waals surface area contributed by atoms with Crippen LogP contribution in [0.15, 0.2) is 48.8 Å². The van der Waals surface area contributed by atoms with Gasteiger partial charge in [-0.25, -0.2) is 9.78 Å². The lowest BCUT2D eigenvalue weighted by molar-refractivity contribution is 0.0697. The molecule has 0 aliphatic rings. The van der Waals surface area contributed by atoms with Crippen molar-refractivity contribution in [2.75, 3.05) is 0 Å². The van der Waals surface area contributed by atoms with Crippen molar-refractivity contribution in [3.8, 4) is 11.3 Å². The second kappa shape index (κ2) is 4.40. The van der Waals surface area contributed by atoms with Gasteiger partial charge in [-0.05, 0) is 24.3 Å². The molecule has 2 heterocycles. The van der Waals surface area contributed by atoms with E-state index < -0.39 is 5.97 Å². The number of nitrogens with zero attached hydrogens (tertiary/aromatic N) is 2. The first-order valence-corrected chi connectivity index (χ1v) is 5.99. The Hall–Kier alpha value is -2.33. The predicted octanol–water partition coefficient (Wildman–Crippen LogP) is 3.35. The molecule has 3 aromatic rings. The largest absolute Gasteiger partial charge is 0.478 e. The van der Waals surface area contributed by atoms with E-state index in [1.54, 1.807) is 22.7 Å². The molecule has 0 saturated carbocycles. The zero-order valence-electron chi connectivity index (χ0n) is 9.75. The van der Waals surface area contributed by atoms with Crippen LogP contribution in [0.1, 0.15) is 10.4 Å². The molecular formula is C14H9ClN2O2. The van der Waals surface area contributed by atoms with Crippen molar-refractivity contribution >= 4 is 23.2 Å². The summed E-state index contributed by atoms with van der Waals surface area (Å²) in [6.07, 6.45) is 3.52. The highest BCUT2D eigenvalue weighted by Crippen LogP contribution is 2.22. The first kappa shape index (κ1) is 11.7. The number of halogens is 1. The number of carboxylic acid groups (broad SMARTS) is 1. The molecule has 19 heavy (non-hydrogen) atoms. The molecule has 1 aromatic carbocycles. The van der Waals surface area contributed by atoms with E-state index in [1.807, 2.05) is 24.4 Å². The van der Waals surface area contributed by atoms with Gasteiger partial charge in [-0.1, -0.05) is 23.7 Å². The first-order valence-electron chi connectivity index (χ1n) is 5.61. The number of fused-ring (bicyclic) bond motifs is 1. The molecule has 94 valence electrons. The minimum Gasteiger partial charge on any atom is -0.478 e. The first-order chi connectivity index (χ1) is 9.13. The van der Waals surface area contributed by atoms with E-state index in [-0.39, 0.29) is 5.56 Å². The molecule has 0 aliphatic heterocycles. The van der Waals surface area contributed by atoms with E-state index in [0.29, 0.717) is 10.7 Å². The van der Waals surface area contributed by atoms with E-state index in [1.165, 1.54) is 6.07 Å². The second-order valence-corrected chi connectivity index (χ2v) is 4.56. The number of imidazole rings is 1. The van der Waals surface area contributed by atoms with Crippen molar-refractivity contribution in [1.29, 1.82) is 0 Å². The standard InChI is InChI=1S/C14H9ClN2O2/c15-11-3-1-2-9(6-11)12-8-17-5-4-10(14(18)19)7-13(17)16-12/h1-8H,(H,18,19). The van der Waals surface area contributed by atoms with Crippen molar-refractivity contribution in [1.82, 2.24) is 9.38 Å². The number of carboxylic acids is 1. The molecule has 4 nitrogen and oxygen atoms in total. The zero-order chi connectivity index (χ0) is 13.4. The molecule has 0 unspecified atom stereocenters. The Bertz CT molecular complexity index is 780. The fourth-order valence-corrected chi connectivity index (χ4v) is 2.09. The Balaban J connectivity index is 2.14. The third-order valence-corrected chi connectivity index (χ3v) is 3.06. The maximum Gasteiger partial charge on any atom is 0.335 e. The number of aromatic nitrogens is 2. The highest BCUT2D eigenvalue weighted by atomic mass is 35.5. The molecule has 0 fully saturated rings. The molecule has 1 N–H and O–H groups in total. The quantitative estimate of drug-likeness (QED) is 0.778. The summed E-state index contributed by atoms with van der Waals surface area (Å²) in [6.45, 7) is 0. The van der Waals surface area contributed by atoms with E-state index in [2.05, 4.69) is 4.98 Å². The minimum atomic E-state index is -0.963. The van der Waals surface area contributed by atoms with Crippen LogP contribution in [0.5, 0.6) is 0 Å². The number of aromatic carboxylic acids is 1. The third-order valence-electron chi connectivity index (χ3n) is 2.83. The summed E-state index contributed by atoms with van der Waals surface area (Å²) in [4.78, 5) is 15.3. The van der Waals surface area contributed by atoms with Gasteiger partial charge in [-0.2, -0.15) is 0 Å². The van der Waals surface area contributed by atoms with Crippen molar-refractivity contribution < 1.29 is 9.90 Å². The molecular weight excluding hydrogens is 264 g/mol. The number of hydrogen-bond donors (Lipinski definition) is 1. The van der Waals surface area contributed by atoms with E-state index in [4.69, 9.17) is 16.7 Å². The third kappa shape index (κ3) is 2.18. The summed E-state index contributed by atoms with van der Waals surface area (Å²) < 4.78 is 1.78. The average Bonchev–Trinajstić information content (AvgIpc) is 2.81. The monoisotopic (exact) mass is 272 g/mol. The normalized spacial score (nSPS) is 10.8. The van der Waals surface area contributed by atoms with Gasteiger partial charge in [0.15, 0.2) is 0 Å². The van der Waals surface area contributed by atoms with Crippen molar-refractivity contribution in [2.45, 2.75) is 0 Å². The molecule has 2 aromatic heterocycles. The molecule has 0 radical (unpaired) electrons. The highest BCUT2D eigenvalue weighted by molar-refractivity contribution is 6.30. The lowest BCUT2D eigenvalue weighted by atomic mass is 10.2. The summed E-state index contributed by atoms with van der Waals surface area (Å²) in [5.41, 5.74) is 2.46. The number of benzene rings is 1. The van der Waals surface area contributed by atoms with Gasteiger partial charge in [0.25, 0.3) is 0 Å². The Kier molecular flexibility index (Phi) is 2.72. The SMILES string of the molecule is O=C(O)c1ccn2cc(-c3cccc(Cl)c3)nc2c1. The molecule has 0 atom stereocenters. The van der Waals surface area contributed by atoms with Gasteiger partial charge in [-0.3, -0.25) is 0 Å². The molecule has 0 amide bonds. The van der Waals surface area contributed by atoms with Gasteiger partial charge in [0, 0.05) is 23.0 Å². The number of pyridine rings is 1. The Labute approximate surface area is 113 Å². The lowest BCUT2D eigenvalue weighted by Crippen LogP contribution is -1.96. The van der Waals surface area contributed by atoms with Gasteiger partial charge < -0.3 is 9.51 Å².